The lowest BCUT2D eigenvalue weighted by Crippen LogP contribution is -2.54. The summed E-state index contributed by atoms with van der Waals surface area (Å²) in [5.41, 5.74) is 0.338. The first-order valence-corrected chi connectivity index (χ1v) is 8.67. The van der Waals surface area contributed by atoms with Crippen LogP contribution in [0, 0.1) is 10.7 Å². The number of ketones is 1. The summed E-state index contributed by atoms with van der Waals surface area (Å²) in [6.45, 7) is 3.23. The third-order valence-corrected chi connectivity index (χ3v) is 5.35. The van der Waals surface area contributed by atoms with Crippen LogP contribution in [0.3, 0.4) is 0 Å². The number of hydrogen-bond acceptors (Lipinski definition) is 6. The summed E-state index contributed by atoms with van der Waals surface area (Å²) < 4.78 is 10.1. The SMILES string of the molecule is N#CS[C@@]1(CN2CCOCC2)COc2c(Cl)cc(Cl)cc2C1=O. The highest BCUT2D eigenvalue weighted by atomic mass is 35.5. The average Bonchev–Trinajstić information content (AvgIpc) is 2.52. The molecule has 23 heavy (non-hydrogen) atoms. The fourth-order valence-electron chi connectivity index (χ4n) is 2.81. The maximum atomic E-state index is 13.1. The standard InChI is InChI=1S/C15H14Cl2N2O3S/c16-10-5-11-13(12(17)6-10)22-8-15(14(11)20,23-9-18)7-19-1-3-21-4-2-19/h5-6H,1-4,7-8H2/t15-/m0/s1. The first-order chi connectivity index (χ1) is 11.1. The Morgan fingerprint density at radius 1 is 1.35 bits per heavy atom. The molecule has 5 nitrogen and oxygen atoms in total. The molecule has 0 N–H and O–H groups in total. The maximum Gasteiger partial charge on any atom is 0.188 e. The predicted molar refractivity (Wildman–Crippen MR) is 89.5 cm³/mol. The van der Waals surface area contributed by atoms with Gasteiger partial charge in [-0.1, -0.05) is 23.2 Å². The Balaban J connectivity index is 1.94. The number of Topliss-reactive ketones (excluding diaryl/α,β-unsaturated/α-hetero) is 1. The molecule has 0 amide bonds. The molecule has 0 bridgehead atoms. The van der Waals surface area contributed by atoms with Gasteiger partial charge in [0.15, 0.2) is 5.78 Å². The minimum Gasteiger partial charge on any atom is -0.489 e. The van der Waals surface area contributed by atoms with Crippen LogP contribution < -0.4 is 4.74 Å². The molecule has 2 aliphatic rings. The molecule has 1 saturated heterocycles. The number of thiocyanates is 1. The van der Waals surface area contributed by atoms with Crippen LogP contribution >= 0.6 is 35.0 Å². The summed E-state index contributed by atoms with van der Waals surface area (Å²) in [4.78, 5) is 15.2. The molecule has 1 atom stereocenters. The number of carbonyl (C=O) groups is 1. The number of halogens is 2. The van der Waals surface area contributed by atoms with Gasteiger partial charge in [-0.2, -0.15) is 5.26 Å². The van der Waals surface area contributed by atoms with Crippen LogP contribution in [-0.4, -0.2) is 54.9 Å². The van der Waals surface area contributed by atoms with Crippen molar-refractivity contribution in [2.45, 2.75) is 4.75 Å². The van der Waals surface area contributed by atoms with Gasteiger partial charge in [0.25, 0.3) is 0 Å². The highest BCUT2D eigenvalue weighted by Crippen LogP contribution is 2.42. The fourth-order valence-corrected chi connectivity index (χ4v) is 4.10. The summed E-state index contributed by atoms with van der Waals surface area (Å²) in [5.74, 6) is 0.179. The second-order valence-electron chi connectivity index (χ2n) is 5.46. The van der Waals surface area contributed by atoms with Gasteiger partial charge in [-0.3, -0.25) is 9.69 Å². The second-order valence-corrected chi connectivity index (χ2v) is 7.47. The molecule has 3 rings (SSSR count). The molecule has 0 unspecified atom stereocenters. The summed E-state index contributed by atoms with van der Waals surface area (Å²) >= 11 is 13.1. The van der Waals surface area contributed by atoms with Crippen LogP contribution in [0.5, 0.6) is 5.75 Å². The van der Waals surface area contributed by atoms with E-state index in [1.54, 1.807) is 12.1 Å². The Morgan fingerprint density at radius 3 is 2.78 bits per heavy atom. The molecule has 0 spiro atoms. The van der Waals surface area contributed by atoms with Crippen molar-refractivity contribution in [2.75, 3.05) is 39.5 Å². The topological polar surface area (TPSA) is 62.6 Å². The van der Waals surface area contributed by atoms with Gasteiger partial charge in [-0.25, -0.2) is 0 Å². The lowest BCUT2D eigenvalue weighted by Gasteiger charge is -2.39. The predicted octanol–water partition coefficient (Wildman–Crippen LogP) is 2.85. The van der Waals surface area contributed by atoms with Crippen molar-refractivity contribution >= 4 is 40.7 Å². The van der Waals surface area contributed by atoms with Crippen molar-refractivity contribution in [1.29, 1.82) is 5.26 Å². The molecule has 1 aromatic rings. The Labute approximate surface area is 148 Å². The second kappa shape index (κ2) is 6.88. The van der Waals surface area contributed by atoms with Crippen LogP contribution in [0.1, 0.15) is 10.4 Å². The molecule has 0 aromatic heterocycles. The smallest absolute Gasteiger partial charge is 0.188 e. The number of benzene rings is 1. The van der Waals surface area contributed by atoms with Crippen molar-refractivity contribution in [1.82, 2.24) is 4.90 Å². The van der Waals surface area contributed by atoms with E-state index in [2.05, 4.69) is 10.3 Å². The van der Waals surface area contributed by atoms with E-state index in [-0.39, 0.29) is 12.4 Å². The quantitative estimate of drug-likeness (QED) is 0.760. The number of ether oxygens (including phenoxy) is 2. The van der Waals surface area contributed by atoms with Gasteiger partial charge in [0, 0.05) is 24.7 Å². The zero-order valence-electron chi connectivity index (χ0n) is 12.2. The van der Waals surface area contributed by atoms with Crippen LogP contribution in [-0.2, 0) is 4.74 Å². The Bertz CT molecular complexity index is 673. The summed E-state index contributed by atoms with van der Waals surface area (Å²) in [7, 11) is 0. The summed E-state index contributed by atoms with van der Waals surface area (Å²) in [5, 5.41) is 11.9. The summed E-state index contributed by atoms with van der Waals surface area (Å²) in [6.07, 6.45) is 0. The number of hydrogen-bond donors (Lipinski definition) is 0. The van der Waals surface area contributed by atoms with Gasteiger partial charge < -0.3 is 9.47 Å². The lowest BCUT2D eigenvalue weighted by molar-refractivity contribution is 0.0288. The number of thioether (sulfide) groups is 1. The van der Waals surface area contributed by atoms with Crippen molar-refractivity contribution < 1.29 is 14.3 Å². The van der Waals surface area contributed by atoms with Crippen LogP contribution in [0.2, 0.25) is 10.0 Å². The van der Waals surface area contributed by atoms with Crippen LogP contribution in [0.4, 0.5) is 0 Å². The van der Waals surface area contributed by atoms with E-state index in [0.29, 0.717) is 41.1 Å². The van der Waals surface area contributed by atoms with E-state index in [1.807, 2.05) is 0 Å². The van der Waals surface area contributed by atoms with Crippen molar-refractivity contribution in [3.05, 3.63) is 27.7 Å². The van der Waals surface area contributed by atoms with E-state index in [9.17, 15) is 10.1 Å². The van der Waals surface area contributed by atoms with Gasteiger partial charge >= 0.3 is 0 Å². The zero-order chi connectivity index (χ0) is 16.4. The third kappa shape index (κ3) is 3.30. The van der Waals surface area contributed by atoms with E-state index in [1.165, 1.54) is 0 Å². The molecule has 2 heterocycles. The molecule has 0 aliphatic carbocycles. The highest BCUT2D eigenvalue weighted by molar-refractivity contribution is 8.05. The number of nitriles is 1. The first-order valence-electron chi connectivity index (χ1n) is 7.09. The van der Waals surface area contributed by atoms with E-state index in [0.717, 1.165) is 24.9 Å². The minimum atomic E-state index is -0.979. The Kier molecular flexibility index (Phi) is 5.04. The highest BCUT2D eigenvalue weighted by Gasteiger charge is 2.47. The van der Waals surface area contributed by atoms with Crippen LogP contribution in [0.25, 0.3) is 0 Å². The number of nitrogens with zero attached hydrogens (tertiary/aromatic N) is 2. The van der Waals surface area contributed by atoms with Gasteiger partial charge in [-0.05, 0) is 23.9 Å². The molecule has 8 heteroatoms. The van der Waals surface area contributed by atoms with Crippen LogP contribution in [0.15, 0.2) is 12.1 Å². The minimum absolute atomic E-state index is 0.107. The lowest BCUT2D eigenvalue weighted by atomic mass is 9.93. The van der Waals surface area contributed by atoms with Crippen molar-refractivity contribution in [3.63, 3.8) is 0 Å². The van der Waals surface area contributed by atoms with Gasteiger partial charge in [0.05, 0.1) is 23.8 Å². The normalized spacial score (nSPS) is 24.7. The molecule has 0 radical (unpaired) electrons. The van der Waals surface area contributed by atoms with Gasteiger partial charge in [-0.15, -0.1) is 0 Å². The number of rotatable bonds is 3. The largest absolute Gasteiger partial charge is 0.489 e. The molecule has 1 aromatic carbocycles. The van der Waals surface area contributed by atoms with Gasteiger partial charge in [0.2, 0.25) is 0 Å². The van der Waals surface area contributed by atoms with E-state index >= 15 is 0 Å². The fraction of sp³-hybridized carbons (Fsp3) is 0.467. The Hall–Kier alpha value is -0.970. The number of carbonyl (C=O) groups excluding carboxylic acids is 1. The number of fused-ring (bicyclic) bond motifs is 1. The average molecular weight is 373 g/mol. The van der Waals surface area contributed by atoms with E-state index < -0.39 is 4.75 Å². The maximum absolute atomic E-state index is 13.1. The molecular formula is C15H14Cl2N2O3S. The monoisotopic (exact) mass is 372 g/mol. The van der Waals surface area contributed by atoms with Crippen molar-refractivity contribution in [3.8, 4) is 11.2 Å². The molecular weight excluding hydrogens is 359 g/mol. The molecule has 2 aliphatic heterocycles. The first kappa shape index (κ1) is 16.9. The third-order valence-electron chi connectivity index (χ3n) is 3.94. The molecule has 1 fully saturated rings. The van der Waals surface area contributed by atoms with E-state index in [4.69, 9.17) is 32.7 Å². The molecule has 122 valence electrons. The number of morpholine rings is 1. The zero-order valence-corrected chi connectivity index (χ0v) is 14.5. The Morgan fingerprint density at radius 2 is 2.09 bits per heavy atom. The van der Waals surface area contributed by atoms with Crippen molar-refractivity contribution in [2.24, 2.45) is 0 Å². The summed E-state index contributed by atoms with van der Waals surface area (Å²) in [6, 6.07) is 3.10. The van der Waals surface area contributed by atoms with Gasteiger partial charge in [0.1, 0.15) is 22.5 Å². The molecule has 0 saturated carbocycles.